The topological polar surface area (TPSA) is 75.4 Å². The van der Waals surface area contributed by atoms with Gasteiger partial charge in [-0.2, -0.15) is 0 Å². The van der Waals surface area contributed by atoms with Gasteiger partial charge in [-0.05, 0) is 24.7 Å². The standard InChI is InChI=1S/C13H23N3O2S/c1-3-16(4-2)10-9-15-19(17,18)13-8-6-5-7-12(13)11-14/h5-8,15H,3-4,9-11,14H2,1-2H3. The predicted molar refractivity (Wildman–Crippen MR) is 77.3 cm³/mol. The van der Waals surface area contributed by atoms with Gasteiger partial charge in [0.15, 0.2) is 0 Å². The van der Waals surface area contributed by atoms with Crippen molar-refractivity contribution in [2.24, 2.45) is 5.73 Å². The lowest BCUT2D eigenvalue weighted by atomic mass is 10.2. The average Bonchev–Trinajstić information content (AvgIpc) is 2.43. The summed E-state index contributed by atoms with van der Waals surface area (Å²) >= 11 is 0. The van der Waals surface area contributed by atoms with Gasteiger partial charge in [-0.15, -0.1) is 0 Å². The van der Waals surface area contributed by atoms with Crippen molar-refractivity contribution in [2.75, 3.05) is 26.2 Å². The fraction of sp³-hybridized carbons (Fsp3) is 0.538. The van der Waals surface area contributed by atoms with E-state index in [-0.39, 0.29) is 11.4 Å². The molecule has 0 unspecified atom stereocenters. The third-order valence-corrected chi connectivity index (χ3v) is 4.66. The van der Waals surface area contributed by atoms with E-state index in [1.807, 2.05) is 0 Å². The van der Waals surface area contributed by atoms with E-state index in [4.69, 9.17) is 5.73 Å². The normalized spacial score (nSPS) is 12.0. The average molecular weight is 285 g/mol. The molecule has 19 heavy (non-hydrogen) atoms. The molecule has 0 bridgehead atoms. The van der Waals surface area contributed by atoms with Crippen molar-refractivity contribution >= 4 is 10.0 Å². The molecule has 0 aliphatic heterocycles. The summed E-state index contributed by atoms with van der Waals surface area (Å²) < 4.78 is 27.0. The number of likely N-dealkylation sites (N-methyl/N-ethyl adjacent to an activating group) is 1. The molecule has 0 saturated carbocycles. The van der Waals surface area contributed by atoms with E-state index in [1.165, 1.54) is 0 Å². The van der Waals surface area contributed by atoms with Crippen molar-refractivity contribution in [3.8, 4) is 0 Å². The lowest BCUT2D eigenvalue weighted by Gasteiger charge is -2.18. The summed E-state index contributed by atoms with van der Waals surface area (Å²) in [6.45, 7) is 7.27. The number of hydrogen-bond acceptors (Lipinski definition) is 4. The number of benzene rings is 1. The zero-order valence-electron chi connectivity index (χ0n) is 11.6. The number of rotatable bonds is 8. The monoisotopic (exact) mass is 285 g/mol. The van der Waals surface area contributed by atoms with Crippen molar-refractivity contribution in [1.29, 1.82) is 0 Å². The second-order valence-corrected chi connectivity index (χ2v) is 5.97. The van der Waals surface area contributed by atoms with Gasteiger partial charge in [-0.3, -0.25) is 0 Å². The van der Waals surface area contributed by atoms with Crippen molar-refractivity contribution in [2.45, 2.75) is 25.3 Å². The number of sulfonamides is 1. The Hall–Kier alpha value is -0.950. The maximum Gasteiger partial charge on any atom is 0.240 e. The van der Waals surface area contributed by atoms with E-state index in [0.717, 1.165) is 13.1 Å². The summed E-state index contributed by atoms with van der Waals surface area (Å²) in [6.07, 6.45) is 0. The molecule has 0 saturated heterocycles. The highest BCUT2D eigenvalue weighted by Crippen LogP contribution is 2.14. The lowest BCUT2D eigenvalue weighted by Crippen LogP contribution is -2.35. The van der Waals surface area contributed by atoms with Gasteiger partial charge in [0.25, 0.3) is 0 Å². The Morgan fingerprint density at radius 3 is 2.42 bits per heavy atom. The Balaban J connectivity index is 2.71. The summed E-state index contributed by atoms with van der Waals surface area (Å²) in [5, 5.41) is 0. The second kappa shape index (κ2) is 7.59. The molecule has 0 radical (unpaired) electrons. The van der Waals surface area contributed by atoms with Crippen LogP contribution in [-0.2, 0) is 16.6 Å². The maximum atomic E-state index is 12.2. The number of nitrogens with two attached hydrogens (primary N) is 1. The highest BCUT2D eigenvalue weighted by Gasteiger charge is 2.16. The van der Waals surface area contributed by atoms with Crippen LogP contribution in [0.1, 0.15) is 19.4 Å². The molecule has 3 N–H and O–H groups in total. The fourth-order valence-electron chi connectivity index (χ4n) is 1.89. The Labute approximate surface area is 115 Å². The SMILES string of the molecule is CCN(CC)CCNS(=O)(=O)c1ccccc1CN. The minimum absolute atomic E-state index is 0.215. The molecule has 0 spiro atoms. The van der Waals surface area contributed by atoms with E-state index in [2.05, 4.69) is 23.5 Å². The van der Waals surface area contributed by atoms with Crippen LogP contribution in [0.5, 0.6) is 0 Å². The Morgan fingerprint density at radius 1 is 1.21 bits per heavy atom. The van der Waals surface area contributed by atoms with Crippen LogP contribution in [0.15, 0.2) is 29.2 Å². The maximum absolute atomic E-state index is 12.2. The molecule has 0 heterocycles. The Kier molecular flexibility index (Phi) is 6.44. The zero-order chi connectivity index (χ0) is 14.3. The number of nitrogens with zero attached hydrogens (tertiary/aromatic N) is 1. The molecular weight excluding hydrogens is 262 g/mol. The predicted octanol–water partition coefficient (Wildman–Crippen LogP) is 0.765. The molecular formula is C13H23N3O2S. The summed E-state index contributed by atoms with van der Waals surface area (Å²) in [4.78, 5) is 2.44. The van der Waals surface area contributed by atoms with Crippen LogP contribution in [-0.4, -0.2) is 39.5 Å². The van der Waals surface area contributed by atoms with E-state index in [9.17, 15) is 8.42 Å². The van der Waals surface area contributed by atoms with Crippen molar-refractivity contribution < 1.29 is 8.42 Å². The van der Waals surface area contributed by atoms with Gasteiger partial charge in [-0.25, -0.2) is 13.1 Å². The third kappa shape index (κ3) is 4.58. The first-order valence-electron chi connectivity index (χ1n) is 6.55. The van der Waals surface area contributed by atoms with Crippen molar-refractivity contribution in [1.82, 2.24) is 9.62 Å². The molecule has 0 fully saturated rings. The van der Waals surface area contributed by atoms with Gasteiger partial charge in [0.2, 0.25) is 10.0 Å². The minimum Gasteiger partial charge on any atom is -0.326 e. The first-order chi connectivity index (χ1) is 9.05. The summed E-state index contributed by atoms with van der Waals surface area (Å²) in [5.41, 5.74) is 6.20. The van der Waals surface area contributed by atoms with Gasteiger partial charge in [0, 0.05) is 19.6 Å². The first-order valence-corrected chi connectivity index (χ1v) is 8.03. The largest absolute Gasteiger partial charge is 0.326 e. The third-order valence-electron chi connectivity index (χ3n) is 3.10. The number of nitrogens with one attached hydrogen (secondary N) is 1. The van der Waals surface area contributed by atoms with Gasteiger partial charge in [-0.1, -0.05) is 32.0 Å². The molecule has 0 aliphatic rings. The second-order valence-electron chi connectivity index (χ2n) is 4.24. The molecule has 108 valence electrons. The quantitative estimate of drug-likeness (QED) is 0.739. The highest BCUT2D eigenvalue weighted by atomic mass is 32.2. The van der Waals surface area contributed by atoms with Crippen molar-refractivity contribution in [3.05, 3.63) is 29.8 Å². The molecule has 1 rings (SSSR count). The molecule has 0 atom stereocenters. The molecule has 0 aromatic heterocycles. The van der Waals surface area contributed by atoms with E-state index in [1.54, 1.807) is 24.3 Å². The highest BCUT2D eigenvalue weighted by molar-refractivity contribution is 7.89. The van der Waals surface area contributed by atoms with E-state index >= 15 is 0 Å². The van der Waals surface area contributed by atoms with Crippen LogP contribution < -0.4 is 10.5 Å². The molecule has 0 aliphatic carbocycles. The van der Waals surface area contributed by atoms with Crippen LogP contribution in [0, 0.1) is 0 Å². The molecule has 6 heteroatoms. The summed E-state index contributed by atoms with van der Waals surface area (Å²) in [6, 6.07) is 6.82. The van der Waals surface area contributed by atoms with Gasteiger partial charge < -0.3 is 10.6 Å². The van der Waals surface area contributed by atoms with Gasteiger partial charge >= 0.3 is 0 Å². The molecule has 1 aromatic rings. The van der Waals surface area contributed by atoms with Crippen LogP contribution in [0.3, 0.4) is 0 Å². The summed E-state index contributed by atoms with van der Waals surface area (Å²) in [7, 11) is -3.47. The fourth-order valence-corrected chi connectivity index (χ4v) is 3.16. The first kappa shape index (κ1) is 16.1. The molecule has 0 amide bonds. The van der Waals surface area contributed by atoms with Gasteiger partial charge in [0.1, 0.15) is 0 Å². The number of hydrogen-bond donors (Lipinski definition) is 2. The smallest absolute Gasteiger partial charge is 0.240 e. The van der Waals surface area contributed by atoms with E-state index < -0.39 is 10.0 Å². The van der Waals surface area contributed by atoms with Crippen LogP contribution >= 0.6 is 0 Å². The Morgan fingerprint density at radius 2 is 1.84 bits per heavy atom. The van der Waals surface area contributed by atoms with Crippen molar-refractivity contribution in [3.63, 3.8) is 0 Å². The van der Waals surface area contributed by atoms with E-state index in [0.29, 0.717) is 18.7 Å². The van der Waals surface area contributed by atoms with Crippen LogP contribution in [0.4, 0.5) is 0 Å². The van der Waals surface area contributed by atoms with Gasteiger partial charge in [0.05, 0.1) is 4.90 Å². The van der Waals surface area contributed by atoms with Crippen LogP contribution in [0.25, 0.3) is 0 Å². The van der Waals surface area contributed by atoms with Crippen LogP contribution in [0.2, 0.25) is 0 Å². The Bertz CT molecular complexity index is 484. The molecule has 5 nitrogen and oxygen atoms in total. The molecule has 1 aromatic carbocycles. The zero-order valence-corrected chi connectivity index (χ0v) is 12.4. The minimum atomic E-state index is -3.47. The summed E-state index contributed by atoms with van der Waals surface area (Å²) in [5.74, 6) is 0. The lowest BCUT2D eigenvalue weighted by molar-refractivity contribution is 0.309.